The summed E-state index contributed by atoms with van der Waals surface area (Å²) in [4.78, 5) is 12.5. The summed E-state index contributed by atoms with van der Waals surface area (Å²) in [5.74, 6) is -0.168. The van der Waals surface area contributed by atoms with Crippen molar-refractivity contribution in [2.45, 2.75) is 0 Å². The first-order valence-corrected chi connectivity index (χ1v) is 5.89. The number of nitrogen functional groups attached to an aromatic ring is 1. The van der Waals surface area contributed by atoms with Gasteiger partial charge in [-0.3, -0.25) is 4.79 Å². The number of rotatable bonds is 4. The molecule has 0 radical (unpaired) electrons. The van der Waals surface area contributed by atoms with Crippen LogP contribution in [0.3, 0.4) is 0 Å². The maximum Gasteiger partial charge on any atom is 0.199 e. The van der Waals surface area contributed by atoms with Gasteiger partial charge >= 0.3 is 0 Å². The second-order valence-corrected chi connectivity index (χ2v) is 4.10. The molecule has 0 heterocycles. The minimum atomic E-state index is -0.627. The average Bonchev–Trinajstić information content (AvgIpc) is 2.48. The summed E-state index contributed by atoms with van der Waals surface area (Å²) in [6, 6.07) is 8.93. The molecule has 4 nitrogen and oxygen atoms in total. The second-order valence-electron chi connectivity index (χ2n) is 4.10. The van der Waals surface area contributed by atoms with Crippen molar-refractivity contribution in [3.05, 3.63) is 53.3 Å². The van der Waals surface area contributed by atoms with E-state index in [0.29, 0.717) is 11.5 Å². The fourth-order valence-electron chi connectivity index (χ4n) is 1.87. The van der Waals surface area contributed by atoms with Crippen LogP contribution < -0.4 is 15.2 Å². The van der Waals surface area contributed by atoms with Gasteiger partial charge in [0.1, 0.15) is 17.3 Å². The lowest BCUT2D eigenvalue weighted by Gasteiger charge is -2.11. The molecule has 0 amide bonds. The van der Waals surface area contributed by atoms with Gasteiger partial charge in [0.15, 0.2) is 5.78 Å². The number of hydrogen-bond acceptors (Lipinski definition) is 4. The summed E-state index contributed by atoms with van der Waals surface area (Å²) >= 11 is 0. The third-order valence-electron chi connectivity index (χ3n) is 2.95. The summed E-state index contributed by atoms with van der Waals surface area (Å²) < 4.78 is 23.7. The normalized spacial score (nSPS) is 10.2. The minimum Gasteiger partial charge on any atom is -0.497 e. The lowest BCUT2D eigenvalue weighted by molar-refractivity contribution is 0.103. The molecule has 0 aliphatic carbocycles. The molecule has 2 aromatic carbocycles. The van der Waals surface area contributed by atoms with Gasteiger partial charge in [-0.1, -0.05) is 6.07 Å². The molecule has 0 fully saturated rings. The summed E-state index contributed by atoms with van der Waals surface area (Å²) in [5.41, 5.74) is 5.80. The van der Waals surface area contributed by atoms with Gasteiger partial charge in [-0.25, -0.2) is 4.39 Å². The molecule has 104 valence electrons. The molecular weight excluding hydrogens is 261 g/mol. The molecule has 0 saturated heterocycles. The zero-order valence-electron chi connectivity index (χ0n) is 11.1. The lowest BCUT2D eigenvalue weighted by atomic mass is 10.0. The Morgan fingerprint density at radius 3 is 2.50 bits per heavy atom. The highest BCUT2D eigenvalue weighted by Crippen LogP contribution is 2.28. The highest BCUT2D eigenvalue weighted by Gasteiger charge is 2.19. The topological polar surface area (TPSA) is 61.5 Å². The number of ketones is 1. The van der Waals surface area contributed by atoms with Crippen LogP contribution >= 0.6 is 0 Å². The average molecular weight is 275 g/mol. The predicted molar refractivity (Wildman–Crippen MR) is 73.8 cm³/mol. The molecule has 2 rings (SSSR count). The van der Waals surface area contributed by atoms with Crippen LogP contribution in [0.25, 0.3) is 0 Å². The Bertz CT molecular complexity index is 656. The van der Waals surface area contributed by atoms with Gasteiger partial charge < -0.3 is 15.2 Å². The van der Waals surface area contributed by atoms with Crippen molar-refractivity contribution in [3.8, 4) is 11.5 Å². The smallest absolute Gasteiger partial charge is 0.199 e. The summed E-state index contributed by atoms with van der Waals surface area (Å²) in [6.07, 6.45) is 0. The van der Waals surface area contributed by atoms with Gasteiger partial charge in [0.2, 0.25) is 0 Å². The highest BCUT2D eigenvalue weighted by molar-refractivity contribution is 6.13. The molecule has 0 bridgehead atoms. The maximum absolute atomic E-state index is 13.4. The number of ether oxygens (including phenoxy) is 2. The zero-order chi connectivity index (χ0) is 14.7. The van der Waals surface area contributed by atoms with Crippen molar-refractivity contribution < 1.29 is 18.7 Å². The summed E-state index contributed by atoms with van der Waals surface area (Å²) in [6.45, 7) is 0. The number of anilines is 1. The highest BCUT2D eigenvalue weighted by atomic mass is 19.1. The van der Waals surface area contributed by atoms with Crippen LogP contribution in [0.1, 0.15) is 15.9 Å². The summed E-state index contributed by atoms with van der Waals surface area (Å²) in [5, 5.41) is 0. The van der Waals surface area contributed by atoms with E-state index in [4.69, 9.17) is 15.2 Å². The number of carbonyl (C=O) groups excluding carboxylic acids is 1. The van der Waals surface area contributed by atoms with E-state index in [1.165, 1.54) is 38.5 Å². The third-order valence-corrected chi connectivity index (χ3v) is 2.95. The molecular formula is C15H14FNO3. The fraction of sp³-hybridized carbons (Fsp3) is 0.133. The Morgan fingerprint density at radius 2 is 1.85 bits per heavy atom. The quantitative estimate of drug-likeness (QED) is 0.688. The first-order chi connectivity index (χ1) is 9.58. The molecule has 0 atom stereocenters. The molecule has 2 N–H and O–H groups in total. The van der Waals surface area contributed by atoms with Gasteiger partial charge in [0, 0.05) is 5.56 Å². The van der Waals surface area contributed by atoms with Gasteiger partial charge in [-0.2, -0.15) is 0 Å². The van der Waals surface area contributed by atoms with Crippen molar-refractivity contribution in [2.75, 3.05) is 20.0 Å². The molecule has 2 aromatic rings. The van der Waals surface area contributed by atoms with Crippen LogP contribution in [0.5, 0.6) is 11.5 Å². The van der Waals surface area contributed by atoms with Crippen molar-refractivity contribution >= 4 is 11.5 Å². The van der Waals surface area contributed by atoms with E-state index in [9.17, 15) is 9.18 Å². The Hall–Kier alpha value is -2.56. The van der Waals surface area contributed by atoms with Crippen LogP contribution in [0.4, 0.5) is 10.1 Å². The second kappa shape index (κ2) is 5.61. The van der Waals surface area contributed by atoms with Crippen LogP contribution in [0, 0.1) is 5.82 Å². The largest absolute Gasteiger partial charge is 0.497 e. The van der Waals surface area contributed by atoms with E-state index < -0.39 is 11.6 Å². The minimum absolute atomic E-state index is 0.0940. The maximum atomic E-state index is 13.4. The number of benzene rings is 2. The number of halogens is 1. The Balaban J connectivity index is 2.55. The Labute approximate surface area is 115 Å². The zero-order valence-corrected chi connectivity index (χ0v) is 11.1. The Kier molecular flexibility index (Phi) is 3.89. The molecule has 0 aromatic heterocycles. The van der Waals surface area contributed by atoms with Gasteiger partial charge in [-0.05, 0) is 30.3 Å². The van der Waals surface area contributed by atoms with Crippen molar-refractivity contribution in [2.24, 2.45) is 0 Å². The van der Waals surface area contributed by atoms with Crippen molar-refractivity contribution in [1.82, 2.24) is 0 Å². The van der Waals surface area contributed by atoms with E-state index in [2.05, 4.69) is 0 Å². The van der Waals surface area contributed by atoms with Crippen LogP contribution in [0.2, 0.25) is 0 Å². The standard InChI is InChI=1S/C15H14FNO3/c1-19-9-6-7-13(20-2)11(8-9)15(18)10-4-3-5-12(16)14(10)17/h3-8H,17H2,1-2H3. The van der Waals surface area contributed by atoms with E-state index >= 15 is 0 Å². The first kappa shape index (κ1) is 13.9. The number of hydrogen-bond donors (Lipinski definition) is 1. The molecule has 0 spiro atoms. The molecule has 0 saturated carbocycles. The van der Waals surface area contributed by atoms with E-state index in [-0.39, 0.29) is 16.8 Å². The molecule has 0 aliphatic rings. The monoisotopic (exact) mass is 275 g/mol. The fourth-order valence-corrected chi connectivity index (χ4v) is 1.87. The van der Waals surface area contributed by atoms with Gasteiger partial charge in [0.25, 0.3) is 0 Å². The van der Waals surface area contributed by atoms with Gasteiger partial charge in [0.05, 0.1) is 25.5 Å². The number of carbonyl (C=O) groups is 1. The van der Waals surface area contributed by atoms with Gasteiger partial charge in [-0.15, -0.1) is 0 Å². The Morgan fingerprint density at radius 1 is 1.10 bits per heavy atom. The van der Waals surface area contributed by atoms with Crippen LogP contribution in [-0.4, -0.2) is 20.0 Å². The molecule has 20 heavy (non-hydrogen) atoms. The number of nitrogens with two attached hydrogens (primary N) is 1. The van der Waals surface area contributed by atoms with E-state index in [1.807, 2.05) is 0 Å². The summed E-state index contributed by atoms with van der Waals surface area (Å²) in [7, 11) is 2.94. The molecule has 0 aliphatic heterocycles. The molecule has 0 unspecified atom stereocenters. The van der Waals surface area contributed by atoms with Crippen molar-refractivity contribution in [3.63, 3.8) is 0 Å². The van der Waals surface area contributed by atoms with E-state index in [1.54, 1.807) is 12.1 Å². The van der Waals surface area contributed by atoms with Crippen LogP contribution in [-0.2, 0) is 0 Å². The van der Waals surface area contributed by atoms with E-state index in [0.717, 1.165) is 0 Å². The lowest BCUT2D eigenvalue weighted by Crippen LogP contribution is -2.08. The van der Waals surface area contributed by atoms with Crippen LogP contribution in [0.15, 0.2) is 36.4 Å². The first-order valence-electron chi connectivity index (χ1n) is 5.89. The SMILES string of the molecule is COc1ccc(OC)c(C(=O)c2cccc(F)c2N)c1. The predicted octanol–water partition coefficient (Wildman–Crippen LogP) is 2.66. The number of methoxy groups -OCH3 is 2. The third kappa shape index (κ3) is 2.42. The molecule has 5 heteroatoms. The number of para-hydroxylation sites is 1. The van der Waals surface area contributed by atoms with Crippen molar-refractivity contribution in [1.29, 1.82) is 0 Å².